The fraction of sp³-hybridized carbons (Fsp3) is 0.417. The van der Waals surface area contributed by atoms with Crippen LogP contribution in [0.25, 0.3) is 0 Å². The van der Waals surface area contributed by atoms with E-state index in [-0.39, 0.29) is 24.6 Å². The van der Waals surface area contributed by atoms with Crippen LogP contribution in [-0.4, -0.2) is 33.2 Å². The zero-order valence-corrected chi connectivity index (χ0v) is 12.4. The number of benzene rings is 1. The van der Waals surface area contributed by atoms with Crippen LogP contribution in [0.4, 0.5) is 11.4 Å². The van der Waals surface area contributed by atoms with E-state index in [1.165, 1.54) is 4.31 Å². The second-order valence-electron chi connectivity index (χ2n) is 4.49. The second kappa shape index (κ2) is 5.99. The van der Waals surface area contributed by atoms with Crippen molar-refractivity contribution >= 4 is 38.9 Å². The predicted octanol–water partition coefficient (Wildman–Crippen LogP) is 1.17. The standard InChI is InChI=1S/C12H16ClN3O3S/c13-10-3-2-9(16-6-1-7-20(16,18)19)8-11(10)15-12(17)4-5-14/h2-3,8H,1,4-7,14H2,(H,15,17). The van der Waals surface area contributed by atoms with Crippen molar-refractivity contribution in [2.75, 3.05) is 28.5 Å². The highest BCUT2D eigenvalue weighted by Crippen LogP contribution is 2.31. The number of hydrogen-bond acceptors (Lipinski definition) is 4. The van der Waals surface area contributed by atoms with E-state index in [1.54, 1.807) is 18.2 Å². The van der Waals surface area contributed by atoms with Crippen LogP contribution < -0.4 is 15.4 Å². The van der Waals surface area contributed by atoms with Crippen LogP contribution in [-0.2, 0) is 14.8 Å². The highest BCUT2D eigenvalue weighted by Gasteiger charge is 2.28. The molecule has 2 rings (SSSR count). The Balaban J connectivity index is 2.27. The summed E-state index contributed by atoms with van der Waals surface area (Å²) in [5.41, 5.74) is 6.21. The number of nitrogens with one attached hydrogen (secondary N) is 1. The molecule has 0 aliphatic carbocycles. The zero-order chi connectivity index (χ0) is 14.8. The summed E-state index contributed by atoms with van der Waals surface area (Å²) in [5.74, 6) is -0.111. The van der Waals surface area contributed by atoms with Crippen LogP contribution in [0, 0.1) is 0 Å². The number of halogens is 1. The van der Waals surface area contributed by atoms with Gasteiger partial charge in [-0.1, -0.05) is 11.6 Å². The first-order valence-corrected chi connectivity index (χ1v) is 8.22. The van der Waals surface area contributed by atoms with Gasteiger partial charge < -0.3 is 11.1 Å². The Morgan fingerprint density at radius 1 is 1.45 bits per heavy atom. The van der Waals surface area contributed by atoms with Crippen LogP contribution in [0.1, 0.15) is 12.8 Å². The Labute approximate surface area is 122 Å². The second-order valence-corrected chi connectivity index (χ2v) is 6.91. The molecule has 20 heavy (non-hydrogen) atoms. The number of carbonyl (C=O) groups is 1. The maximum Gasteiger partial charge on any atom is 0.235 e. The number of rotatable bonds is 4. The molecule has 0 unspecified atom stereocenters. The topological polar surface area (TPSA) is 92.5 Å². The van der Waals surface area contributed by atoms with Gasteiger partial charge in [0.2, 0.25) is 15.9 Å². The van der Waals surface area contributed by atoms with Crippen molar-refractivity contribution in [1.29, 1.82) is 0 Å². The average Bonchev–Trinajstić information content (AvgIpc) is 2.72. The zero-order valence-electron chi connectivity index (χ0n) is 10.8. The van der Waals surface area contributed by atoms with Gasteiger partial charge in [0.15, 0.2) is 0 Å². The minimum absolute atomic E-state index is 0.143. The van der Waals surface area contributed by atoms with Gasteiger partial charge in [-0.05, 0) is 24.6 Å². The first kappa shape index (κ1) is 15.1. The molecule has 1 fully saturated rings. The van der Waals surface area contributed by atoms with Crippen molar-refractivity contribution in [3.63, 3.8) is 0 Å². The molecule has 8 heteroatoms. The van der Waals surface area contributed by atoms with Crippen LogP contribution >= 0.6 is 11.6 Å². The molecular formula is C12H16ClN3O3S. The number of nitrogens with zero attached hydrogens (tertiary/aromatic N) is 1. The lowest BCUT2D eigenvalue weighted by Gasteiger charge is -2.18. The number of carbonyl (C=O) groups excluding carboxylic acids is 1. The van der Waals surface area contributed by atoms with E-state index in [2.05, 4.69) is 5.32 Å². The van der Waals surface area contributed by atoms with Gasteiger partial charge in [-0.3, -0.25) is 9.10 Å². The third kappa shape index (κ3) is 3.23. The Kier molecular flexibility index (Phi) is 4.52. The van der Waals surface area contributed by atoms with Crippen molar-refractivity contribution in [2.45, 2.75) is 12.8 Å². The molecule has 0 spiro atoms. The SMILES string of the molecule is NCCC(=O)Nc1cc(N2CCCS2(=O)=O)ccc1Cl. The normalized spacial score (nSPS) is 17.2. The monoisotopic (exact) mass is 317 g/mol. The number of nitrogens with two attached hydrogens (primary N) is 1. The largest absolute Gasteiger partial charge is 0.330 e. The highest BCUT2D eigenvalue weighted by atomic mass is 35.5. The van der Waals surface area contributed by atoms with Crippen molar-refractivity contribution in [2.24, 2.45) is 5.73 Å². The molecule has 0 bridgehead atoms. The minimum Gasteiger partial charge on any atom is -0.330 e. The van der Waals surface area contributed by atoms with E-state index in [9.17, 15) is 13.2 Å². The lowest BCUT2D eigenvalue weighted by atomic mass is 10.2. The molecule has 3 N–H and O–H groups in total. The van der Waals surface area contributed by atoms with E-state index < -0.39 is 10.0 Å². The number of hydrogen-bond donors (Lipinski definition) is 2. The lowest BCUT2D eigenvalue weighted by Crippen LogP contribution is -2.25. The van der Waals surface area contributed by atoms with Crippen molar-refractivity contribution < 1.29 is 13.2 Å². The van der Waals surface area contributed by atoms with Crippen molar-refractivity contribution in [1.82, 2.24) is 0 Å². The van der Waals surface area contributed by atoms with Gasteiger partial charge in [-0.15, -0.1) is 0 Å². The summed E-state index contributed by atoms with van der Waals surface area (Å²) in [5, 5.41) is 2.99. The molecule has 0 aromatic heterocycles. The smallest absolute Gasteiger partial charge is 0.235 e. The van der Waals surface area contributed by atoms with Gasteiger partial charge in [-0.25, -0.2) is 8.42 Å². The fourth-order valence-electron chi connectivity index (χ4n) is 2.04. The van der Waals surface area contributed by atoms with Crippen molar-refractivity contribution in [3.05, 3.63) is 23.2 Å². The van der Waals surface area contributed by atoms with Crippen LogP contribution in [0.15, 0.2) is 18.2 Å². The molecular weight excluding hydrogens is 302 g/mol. The lowest BCUT2D eigenvalue weighted by molar-refractivity contribution is -0.116. The maximum atomic E-state index is 11.9. The predicted molar refractivity (Wildman–Crippen MR) is 79.5 cm³/mol. The molecule has 6 nitrogen and oxygen atoms in total. The molecule has 1 heterocycles. The summed E-state index contributed by atoms with van der Waals surface area (Å²) in [4.78, 5) is 11.5. The summed E-state index contributed by atoms with van der Waals surface area (Å²) in [6, 6.07) is 4.77. The number of sulfonamides is 1. The van der Waals surface area contributed by atoms with Gasteiger partial charge in [0, 0.05) is 19.5 Å². The first-order valence-electron chi connectivity index (χ1n) is 6.24. The van der Waals surface area contributed by atoms with E-state index in [1.807, 2.05) is 0 Å². The van der Waals surface area contributed by atoms with Gasteiger partial charge in [-0.2, -0.15) is 0 Å². The van der Waals surface area contributed by atoms with Gasteiger partial charge in [0.05, 0.1) is 22.2 Å². The number of anilines is 2. The van der Waals surface area contributed by atoms with Crippen LogP contribution in [0.3, 0.4) is 0 Å². The summed E-state index contributed by atoms with van der Waals surface area (Å²) in [6.45, 7) is 0.684. The molecule has 110 valence electrons. The molecule has 1 aliphatic heterocycles. The Morgan fingerprint density at radius 3 is 2.80 bits per heavy atom. The van der Waals surface area contributed by atoms with Gasteiger partial charge >= 0.3 is 0 Å². The van der Waals surface area contributed by atoms with Crippen LogP contribution in [0.2, 0.25) is 5.02 Å². The van der Waals surface area contributed by atoms with E-state index >= 15 is 0 Å². The fourth-order valence-corrected chi connectivity index (χ4v) is 3.76. The Bertz CT molecular complexity index is 618. The highest BCUT2D eigenvalue weighted by molar-refractivity contribution is 7.93. The average molecular weight is 318 g/mol. The maximum absolute atomic E-state index is 11.9. The minimum atomic E-state index is -3.25. The molecule has 0 atom stereocenters. The molecule has 1 amide bonds. The summed E-state index contributed by atoms with van der Waals surface area (Å²) in [7, 11) is -3.25. The summed E-state index contributed by atoms with van der Waals surface area (Å²) in [6.07, 6.45) is 0.780. The molecule has 1 aromatic rings. The summed E-state index contributed by atoms with van der Waals surface area (Å²) < 4.78 is 25.1. The third-order valence-corrected chi connectivity index (χ3v) is 5.18. The van der Waals surface area contributed by atoms with Gasteiger partial charge in [0.25, 0.3) is 0 Å². The molecule has 1 aliphatic rings. The van der Waals surface area contributed by atoms with Crippen molar-refractivity contribution in [3.8, 4) is 0 Å². The molecule has 1 saturated heterocycles. The van der Waals surface area contributed by atoms with E-state index in [4.69, 9.17) is 17.3 Å². The Morgan fingerprint density at radius 2 is 2.20 bits per heavy atom. The number of amides is 1. The summed E-state index contributed by atoms with van der Waals surface area (Å²) >= 11 is 6.00. The molecule has 0 saturated carbocycles. The quantitative estimate of drug-likeness (QED) is 0.871. The van der Waals surface area contributed by atoms with Gasteiger partial charge in [0.1, 0.15) is 0 Å². The van der Waals surface area contributed by atoms with Crippen LogP contribution in [0.5, 0.6) is 0 Å². The van der Waals surface area contributed by atoms with E-state index in [0.717, 1.165) is 0 Å². The molecule has 1 aromatic carbocycles. The third-order valence-electron chi connectivity index (χ3n) is 2.98. The first-order chi connectivity index (χ1) is 9.44. The van der Waals surface area contributed by atoms with E-state index in [0.29, 0.717) is 29.4 Å². The molecule has 0 radical (unpaired) electrons. The Hall–Kier alpha value is -1.31.